The molecule has 2 aliphatic rings. The van der Waals surface area contributed by atoms with Gasteiger partial charge in [0.15, 0.2) is 0 Å². The van der Waals surface area contributed by atoms with Crippen LogP contribution in [0.1, 0.15) is 36.0 Å². The maximum atomic E-state index is 12.5. The first-order valence-electron chi connectivity index (χ1n) is 8.06. The first kappa shape index (κ1) is 15.5. The predicted octanol–water partition coefficient (Wildman–Crippen LogP) is 1.47. The summed E-state index contributed by atoms with van der Waals surface area (Å²) >= 11 is 1.53. The van der Waals surface area contributed by atoms with Gasteiger partial charge >= 0.3 is 0 Å². The third-order valence-corrected chi connectivity index (χ3v) is 5.25. The standard InChI is InChI=1S/C16H23N3O2S/c20-15(13-5-9-22-11-13)18-14-3-7-19(8-4-14)16(21)12-2-1-6-17-10-12/h5,9,11-12,14,17H,1-4,6-8,10H2,(H,18,20). The highest BCUT2D eigenvalue weighted by Crippen LogP contribution is 2.18. The van der Waals surface area contributed by atoms with Crippen LogP contribution in [0.15, 0.2) is 16.8 Å². The average Bonchev–Trinajstić information content (AvgIpc) is 3.10. The second kappa shape index (κ2) is 7.24. The molecule has 22 heavy (non-hydrogen) atoms. The van der Waals surface area contributed by atoms with Gasteiger partial charge in [0, 0.05) is 36.6 Å². The fraction of sp³-hybridized carbons (Fsp3) is 0.625. The lowest BCUT2D eigenvalue weighted by molar-refractivity contribution is -0.137. The first-order chi connectivity index (χ1) is 10.7. The number of hydrogen-bond acceptors (Lipinski definition) is 4. The van der Waals surface area contributed by atoms with Gasteiger partial charge in [-0.15, -0.1) is 0 Å². The summed E-state index contributed by atoms with van der Waals surface area (Å²) in [7, 11) is 0. The van der Waals surface area contributed by atoms with E-state index in [9.17, 15) is 9.59 Å². The summed E-state index contributed by atoms with van der Waals surface area (Å²) in [4.78, 5) is 26.5. The van der Waals surface area contributed by atoms with Gasteiger partial charge in [0.25, 0.3) is 5.91 Å². The van der Waals surface area contributed by atoms with Crippen LogP contribution in [-0.4, -0.2) is 48.9 Å². The van der Waals surface area contributed by atoms with E-state index in [1.165, 1.54) is 11.3 Å². The van der Waals surface area contributed by atoms with Crippen molar-refractivity contribution in [2.75, 3.05) is 26.2 Å². The van der Waals surface area contributed by atoms with E-state index >= 15 is 0 Å². The predicted molar refractivity (Wildman–Crippen MR) is 87.0 cm³/mol. The molecule has 5 nitrogen and oxygen atoms in total. The molecule has 3 heterocycles. The molecule has 3 rings (SSSR count). The van der Waals surface area contributed by atoms with Crippen LogP contribution in [-0.2, 0) is 4.79 Å². The monoisotopic (exact) mass is 321 g/mol. The third kappa shape index (κ3) is 3.67. The lowest BCUT2D eigenvalue weighted by atomic mass is 9.96. The van der Waals surface area contributed by atoms with Crippen molar-refractivity contribution in [1.82, 2.24) is 15.5 Å². The number of carbonyl (C=O) groups excluding carboxylic acids is 2. The van der Waals surface area contributed by atoms with E-state index in [0.29, 0.717) is 0 Å². The number of rotatable bonds is 3. The Hall–Kier alpha value is -1.40. The zero-order valence-corrected chi connectivity index (χ0v) is 13.5. The van der Waals surface area contributed by atoms with Crippen molar-refractivity contribution in [3.63, 3.8) is 0 Å². The van der Waals surface area contributed by atoms with Gasteiger partial charge in [-0.05, 0) is 43.7 Å². The Morgan fingerprint density at radius 2 is 2.09 bits per heavy atom. The molecule has 0 bridgehead atoms. The molecule has 0 saturated carbocycles. The molecule has 0 radical (unpaired) electrons. The quantitative estimate of drug-likeness (QED) is 0.886. The Balaban J connectivity index is 1.46. The molecule has 2 N–H and O–H groups in total. The molecular formula is C16H23N3O2S. The maximum absolute atomic E-state index is 12.5. The van der Waals surface area contributed by atoms with Gasteiger partial charge in [-0.3, -0.25) is 9.59 Å². The number of nitrogens with zero attached hydrogens (tertiary/aromatic N) is 1. The summed E-state index contributed by atoms with van der Waals surface area (Å²) in [5.74, 6) is 0.433. The molecule has 1 atom stereocenters. The molecule has 0 aromatic carbocycles. The highest BCUT2D eigenvalue weighted by Gasteiger charge is 2.29. The fourth-order valence-electron chi connectivity index (χ4n) is 3.23. The molecule has 1 aromatic rings. The maximum Gasteiger partial charge on any atom is 0.252 e. The first-order valence-corrected chi connectivity index (χ1v) is 9.01. The summed E-state index contributed by atoms with van der Waals surface area (Å²) in [6, 6.07) is 2.02. The fourth-order valence-corrected chi connectivity index (χ4v) is 3.86. The molecule has 1 aromatic heterocycles. The van der Waals surface area contributed by atoms with E-state index in [1.807, 2.05) is 21.7 Å². The highest BCUT2D eigenvalue weighted by atomic mass is 32.1. The van der Waals surface area contributed by atoms with Gasteiger partial charge in [0.05, 0.1) is 5.92 Å². The summed E-state index contributed by atoms with van der Waals surface area (Å²) in [5, 5.41) is 10.2. The van der Waals surface area contributed by atoms with Gasteiger partial charge in [0.1, 0.15) is 0 Å². The number of amides is 2. The highest BCUT2D eigenvalue weighted by molar-refractivity contribution is 7.08. The molecule has 0 aliphatic carbocycles. The van der Waals surface area contributed by atoms with Crippen molar-refractivity contribution < 1.29 is 9.59 Å². The van der Waals surface area contributed by atoms with Crippen LogP contribution >= 0.6 is 11.3 Å². The van der Waals surface area contributed by atoms with Crippen LogP contribution in [0.5, 0.6) is 0 Å². The van der Waals surface area contributed by atoms with Crippen LogP contribution in [0.25, 0.3) is 0 Å². The Morgan fingerprint density at radius 1 is 1.27 bits per heavy atom. The van der Waals surface area contributed by atoms with Crippen LogP contribution < -0.4 is 10.6 Å². The SMILES string of the molecule is O=C(NC1CCN(C(=O)C2CCCNC2)CC1)c1ccsc1. The minimum Gasteiger partial charge on any atom is -0.349 e. The van der Waals surface area contributed by atoms with E-state index in [4.69, 9.17) is 0 Å². The molecule has 2 aliphatic heterocycles. The minimum absolute atomic E-state index is 0.00232. The Morgan fingerprint density at radius 3 is 2.73 bits per heavy atom. The van der Waals surface area contributed by atoms with E-state index in [2.05, 4.69) is 10.6 Å². The van der Waals surface area contributed by atoms with Gasteiger partial charge < -0.3 is 15.5 Å². The van der Waals surface area contributed by atoms with E-state index < -0.39 is 0 Å². The average molecular weight is 321 g/mol. The van der Waals surface area contributed by atoms with Gasteiger partial charge in [0.2, 0.25) is 5.91 Å². The van der Waals surface area contributed by atoms with Crippen LogP contribution in [0.2, 0.25) is 0 Å². The van der Waals surface area contributed by atoms with Gasteiger partial charge in [-0.1, -0.05) is 0 Å². The largest absolute Gasteiger partial charge is 0.349 e. The zero-order valence-electron chi connectivity index (χ0n) is 12.7. The number of piperidine rings is 2. The van der Waals surface area contributed by atoms with E-state index in [1.54, 1.807) is 0 Å². The topological polar surface area (TPSA) is 61.4 Å². The van der Waals surface area contributed by atoms with Crippen molar-refractivity contribution in [3.8, 4) is 0 Å². The summed E-state index contributed by atoms with van der Waals surface area (Å²) in [5.41, 5.74) is 0.733. The smallest absolute Gasteiger partial charge is 0.252 e. The summed E-state index contributed by atoms with van der Waals surface area (Å²) in [6.45, 7) is 3.35. The third-order valence-electron chi connectivity index (χ3n) is 4.57. The molecule has 6 heteroatoms. The van der Waals surface area contributed by atoms with Crippen LogP contribution in [0.4, 0.5) is 0 Å². The van der Waals surface area contributed by atoms with Crippen molar-refractivity contribution >= 4 is 23.2 Å². The molecule has 2 amide bonds. The van der Waals surface area contributed by atoms with Crippen molar-refractivity contribution in [3.05, 3.63) is 22.4 Å². The molecular weight excluding hydrogens is 298 g/mol. The van der Waals surface area contributed by atoms with Gasteiger partial charge in [-0.2, -0.15) is 11.3 Å². The molecule has 120 valence electrons. The zero-order chi connectivity index (χ0) is 15.4. The lowest BCUT2D eigenvalue weighted by Crippen LogP contribution is -2.50. The summed E-state index contributed by atoms with van der Waals surface area (Å²) in [6.07, 6.45) is 3.79. The van der Waals surface area contributed by atoms with E-state index in [-0.39, 0.29) is 23.8 Å². The Bertz CT molecular complexity index is 503. The second-order valence-electron chi connectivity index (χ2n) is 6.13. The van der Waals surface area contributed by atoms with Gasteiger partial charge in [-0.25, -0.2) is 0 Å². The molecule has 0 spiro atoms. The van der Waals surface area contributed by atoms with Crippen molar-refractivity contribution in [2.45, 2.75) is 31.7 Å². The van der Waals surface area contributed by atoms with E-state index in [0.717, 1.165) is 57.4 Å². The molecule has 2 saturated heterocycles. The Kier molecular flexibility index (Phi) is 5.10. The van der Waals surface area contributed by atoms with Crippen LogP contribution in [0, 0.1) is 5.92 Å². The van der Waals surface area contributed by atoms with Crippen LogP contribution in [0.3, 0.4) is 0 Å². The minimum atomic E-state index is 0.00232. The number of nitrogens with one attached hydrogen (secondary N) is 2. The lowest BCUT2D eigenvalue weighted by Gasteiger charge is -2.35. The molecule has 2 fully saturated rings. The normalized spacial score (nSPS) is 23.3. The van der Waals surface area contributed by atoms with Crippen molar-refractivity contribution in [1.29, 1.82) is 0 Å². The molecule has 1 unspecified atom stereocenters. The van der Waals surface area contributed by atoms with Crippen molar-refractivity contribution in [2.24, 2.45) is 5.92 Å². The Labute approximate surface area is 135 Å². The number of hydrogen-bond donors (Lipinski definition) is 2. The number of thiophene rings is 1. The number of likely N-dealkylation sites (tertiary alicyclic amines) is 1. The second-order valence-corrected chi connectivity index (χ2v) is 6.91. The summed E-state index contributed by atoms with van der Waals surface area (Å²) < 4.78 is 0. The number of carbonyl (C=O) groups is 2.